The molecule has 0 saturated heterocycles. The molecule has 0 amide bonds. The maximum absolute atomic E-state index is 13.6. The summed E-state index contributed by atoms with van der Waals surface area (Å²) in [7, 11) is 0. The first-order valence-corrected chi connectivity index (χ1v) is 10.4. The van der Waals surface area contributed by atoms with Gasteiger partial charge in [-0.25, -0.2) is 19.0 Å². The SMILES string of the molecule is C.CCOC(=O)[C@@H](C)OC(=O)C1=C(C)NC(c2nccs2)=N[C@H]1c1ccc(F)cc1Cl. The van der Waals surface area contributed by atoms with Gasteiger partial charge in [-0.15, -0.1) is 11.3 Å². The molecule has 0 unspecified atom stereocenters. The lowest BCUT2D eigenvalue weighted by Gasteiger charge is -2.26. The number of aromatic nitrogens is 1. The van der Waals surface area contributed by atoms with Crippen LogP contribution < -0.4 is 5.32 Å². The highest BCUT2D eigenvalue weighted by Crippen LogP contribution is 2.36. The normalized spacial score (nSPS) is 16.5. The van der Waals surface area contributed by atoms with Crippen LogP contribution in [0.2, 0.25) is 5.02 Å². The molecule has 1 aliphatic rings. The highest BCUT2D eigenvalue weighted by Gasteiger charge is 2.34. The summed E-state index contributed by atoms with van der Waals surface area (Å²) in [6, 6.07) is 2.98. The van der Waals surface area contributed by atoms with Crippen LogP contribution in [0.5, 0.6) is 0 Å². The summed E-state index contributed by atoms with van der Waals surface area (Å²) in [5, 5.41) is 5.57. The molecule has 0 fully saturated rings. The van der Waals surface area contributed by atoms with Crippen molar-refractivity contribution in [2.45, 2.75) is 40.3 Å². The maximum Gasteiger partial charge on any atom is 0.347 e. The Morgan fingerprint density at radius 3 is 2.74 bits per heavy atom. The number of nitrogens with one attached hydrogen (secondary N) is 1. The molecule has 1 aromatic carbocycles. The number of carbonyl (C=O) groups excluding carboxylic acids is 2. The number of ether oxygens (including phenoxy) is 2. The Morgan fingerprint density at radius 1 is 1.39 bits per heavy atom. The molecular weight excluding hydrogens is 445 g/mol. The number of thiazole rings is 1. The molecule has 1 aromatic heterocycles. The Hall–Kier alpha value is -2.78. The van der Waals surface area contributed by atoms with Crippen molar-refractivity contribution in [3.8, 4) is 0 Å². The number of carbonyl (C=O) groups is 2. The van der Waals surface area contributed by atoms with E-state index >= 15 is 0 Å². The number of aliphatic imine (C=N–C) groups is 1. The van der Waals surface area contributed by atoms with Crippen LogP contribution in [0.3, 0.4) is 0 Å². The Kier molecular flexibility index (Phi) is 8.29. The van der Waals surface area contributed by atoms with E-state index in [-0.39, 0.29) is 24.6 Å². The number of hydrogen-bond donors (Lipinski definition) is 1. The van der Waals surface area contributed by atoms with Crippen LogP contribution in [0.4, 0.5) is 4.39 Å². The molecule has 0 saturated carbocycles. The first-order chi connectivity index (χ1) is 14.3. The van der Waals surface area contributed by atoms with Gasteiger partial charge in [0.2, 0.25) is 0 Å². The maximum atomic E-state index is 13.6. The minimum Gasteiger partial charge on any atom is -0.463 e. The van der Waals surface area contributed by atoms with E-state index in [1.165, 1.54) is 30.4 Å². The third kappa shape index (κ3) is 5.48. The van der Waals surface area contributed by atoms with Gasteiger partial charge in [-0.2, -0.15) is 0 Å². The number of amidine groups is 1. The van der Waals surface area contributed by atoms with E-state index in [2.05, 4.69) is 15.3 Å². The van der Waals surface area contributed by atoms with E-state index in [1.54, 1.807) is 25.4 Å². The van der Waals surface area contributed by atoms with E-state index in [4.69, 9.17) is 21.1 Å². The van der Waals surface area contributed by atoms with Crippen molar-refractivity contribution in [1.29, 1.82) is 0 Å². The third-order valence-corrected chi connectivity index (χ3v) is 5.36. The van der Waals surface area contributed by atoms with Gasteiger partial charge in [0.1, 0.15) is 11.9 Å². The Labute approximate surface area is 189 Å². The monoisotopic (exact) mass is 467 g/mol. The summed E-state index contributed by atoms with van der Waals surface area (Å²) in [6.07, 6.45) is 0.528. The largest absolute Gasteiger partial charge is 0.463 e. The van der Waals surface area contributed by atoms with Crippen LogP contribution in [0.1, 0.15) is 44.8 Å². The molecule has 7 nitrogen and oxygen atoms in total. The van der Waals surface area contributed by atoms with E-state index in [0.29, 0.717) is 22.1 Å². The van der Waals surface area contributed by atoms with Crippen LogP contribution in [-0.2, 0) is 19.1 Å². The summed E-state index contributed by atoms with van der Waals surface area (Å²) in [4.78, 5) is 33.7. The molecule has 0 aliphatic carbocycles. The van der Waals surface area contributed by atoms with E-state index in [1.807, 2.05) is 0 Å². The van der Waals surface area contributed by atoms with Crippen LogP contribution in [0.15, 0.2) is 46.0 Å². The average molecular weight is 468 g/mol. The fourth-order valence-corrected chi connectivity index (χ4v) is 3.73. The van der Waals surface area contributed by atoms with Crippen LogP contribution in [-0.4, -0.2) is 35.5 Å². The van der Waals surface area contributed by atoms with Gasteiger partial charge in [0.25, 0.3) is 0 Å². The quantitative estimate of drug-likeness (QED) is 0.632. The lowest BCUT2D eigenvalue weighted by molar-refractivity contribution is -0.164. The molecule has 0 radical (unpaired) electrons. The molecule has 10 heteroatoms. The lowest BCUT2D eigenvalue weighted by atomic mass is 9.96. The van der Waals surface area contributed by atoms with Crippen molar-refractivity contribution in [2.75, 3.05) is 6.61 Å². The lowest BCUT2D eigenvalue weighted by Crippen LogP contribution is -2.35. The molecule has 1 aliphatic heterocycles. The number of esters is 2. The van der Waals surface area contributed by atoms with Gasteiger partial charge in [-0.3, -0.25) is 4.99 Å². The topological polar surface area (TPSA) is 89.9 Å². The molecular formula is C21H23ClFN3O4S. The first kappa shape index (κ1) is 24.5. The minimum atomic E-state index is -1.11. The number of rotatable bonds is 6. The molecule has 1 N–H and O–H groups in total. The molecule has 3 rings (SSSR count). The van der Waals surface area contributed by atoms with Gasteiger partial charge >= 0.3 is 11.9 Å². The zero-order valence-corrected chi connectivity index (χ0v) is 18.0. The van der Waals surface area contributed by atoms with Gasteiger partial charge < -0.3 is 14.8 Å². The van der Waals surface area contributed by atoms with E-state index < -0.39 is 29.9 Å². The van der Waals surface area contributed by atoms with Gasteiger partial charge in [0.15, 0.2) is 16.9 Å². The molecule has 0 spiro atoms. The predicted octanol–water partition coefficient (Wildman–Crippen LogP) is 4.43. The summed E-state index contributed by atoms with van der Waals surface area (Å²) in [5.41, 5.74) is 1.03. The molecule has 166 valence electrons. The summed E-state index contributed by atoms with van der Waals surface area (Å²) in [5.74, 6) is -1.48. The van der Waals surface area contributed by atoms with Crippen molar-refractivity contribution in [2.24, 2.45) is 4.99 Å². The Bertz CT molecular complexity index is 1020. The van der Waals surface area contributed by atoms with Gasteiger partial charge in [-0.1, -0.05) is 25.1 Å². The first-order valence-electron chi connectivity index (χ1n) is 9.09. The number of allylic oxidation sites excluding steroid dienone is 1. The van der Waals surface area contributed by atoms with Crippen molar-refractivity contribution in [1.82, 2.24) is 10.3 Å². The Morgan fingerprint density at radius 2 is 2.13 bits per heavy atom. The van der Waals surface area contributed by atoms with Crippen molar-refractivity contribution in [3.05, 3.63) is 62.5 Å². The minimum absolute atomic E-state index is 0. The summed E-state index contributed by atoms with van der Waals surface area (Å²) in [6.45, 7) is 4.93. The second kappa shape index (κ2) is 10.5. The van der Waals surface area contributed by atoms with E-state index in [0.717, 1.165) is 6.07 Å². The summed E-state index contributed by atoms with van der Waals surface area (Å²) >= 11 is 7.63. The van der Waals surface area contributed by atoms with Crippen LogP contribution in [0.25, 0.3) is 0 Å². The Balaban J connectivity index is 0.00000341. The summed E-state index contributed by atoms with van der Waals surface area (Å²) < 4.78 is 23.8. The average Bonchev–Trinajstić information content (AvgIpc) is 3.22. The number of nitrogens with zero attached hydrogens (tertiary/aromatic N) is 2. The molecule has 2 atom stereocenters. The van der Waals surface area contributed by atoms with Gasteiger partial charge in [0, 0.05) is 27.9 Å². The fraction of sp³-hybridized carbons (Fsp3) is 0.333. The fourth-order valence-electron chi connectivity index (χ4n) is 2.87. The third-order valence-electron chi connectivity index (χ3n) is 4.26. The molecule has 31 heavy (non-hydrogen) atoms. The van der Waals surface area contributed by atoms with Gasteiger partial charge in [-0.05, 0) is 32.9 Å². The van der Waals surface area contributed by atoms with Crippen molar-refractivity contribution >= 4 is 40.7 Å². The number of hydrogen-bond acceptors (Lipinski definition) is 8. The molecule has 2 heterocycles. The standard InChI is InChI=1S/C20H19ClFN3O4S.CH4/c1-4-28-19(26)11(3)29-20(27)15-10(2)24-17(18-23-7-8-30-18)25-16(15)13-6-5-12(22)9-14(13)21;/h5-9,11,16H,4H2,1-3H3,(H,24,25);1H4/t11-,16+;/m1./s1. The zero-order valence-electron chi connectivity index (χ0n) is 16.4. The second-order valence-corrected chi connectivity index (χ2v) is 7.65. The molecule has 0 bridgehead atoms. The highest BCUT2D eigenvalue weighted by atomic mass is 35.5. The smallest absolute Gasteiger partial charge is 0.347 e. The second-order valence-electron chi connectivity index (χ2n) is 6.35. The van der Waals surface area contributed by atoms with Crippen LogP contribution in [0, 0.1) is 5.82 Å². The number of halogens is 2. The van der Waals surface area contributed by atoms with E-state index in [9.17, 15) is 14.0 Å². The molecule has 2 aromatic rings. The van der Waals surface area contributed by atoms with Crippen molar-refractivity contribution in [3.63, 3.8) is 0 Å². The predicted molar refractivity (Wildman–Crippen MR) is 118 cm³/mol. The highest BCUT2D eigenvalue weighted by molar-refractivity contribution is 7.11. The number of benzene rings is 1. The zero-order chi connectivity index (χ0) is 21.8. The van der Waals surface area contributed by atoms with Crippen LogP contribution >= 0.6 is 22.9 Å². The van der Waals surface area contributed by atoms with Crippen molar-refractivity contribution < 1.29 is 23.5 Å². The van der Waals surface area contributed by atoms with Gasteiger partial charge in [0.05, 0.1) is 12.2 Å².